The predicted molar refractivity (Wildman–Crippen MR) is 45.6 cm³/mol. The quantitative estimate of drug-likeness (QED) is 0.473. The molecule has 0 fully saturated rings. The first-order valence-corrected chi connectivity index (χ1v) is 4.53. The third kappa shape index (κ3) is 8.31. The number of rotatable bonds is 5. The van der Waals surface area contributed by atoms with Crippen molar-refractivity contribution in [3.63, 3.8) is 0 Å². The highest BCUT2D eigenvalue weighted by atomic mass is 32.2. The van der Waals surface area contributed by atoms with Gasteiger partial charge in [-0.15, -0.1) is 0 Å². The van der Waals surface area contributed by atoms with Crippen LogP contribution in [0.3, 0.4) is 0 Å². The van der Waals surface area contributed by atoms with Crippen molar-refractivity contribution >= 4 is 11.9 Å². The molecule has 0 aliphatic heterocycles. The van der Waals surface area contributed by atoms with Crippen LogP contribution in [-0.4, -0.2) is 11.8 Å². The van der Waals surface area contributed by atoms with Crippen molar-refractivity contribution in [2.24, 2.45) is 0 Å². The van der Waals surface area contributed by atoms with Crippen LogP contribution in [0.15, 0.2) is 0 Å². The summed E-state index contributed by atoms with van der Waals surface area (Å²) < 4.78 is 3.30. The fraction of sp³-hybridized carbons (Fsp3) is 1.00. The van der Waals surface area contributed by atoms with Gasteiger partial charge in [0.25, 0.3) is 0 Å². The minimum Gasteiger partial charge on any atom is -0.264 e. The third-order valence-electron chi connectivity index (χ3n) is 0.951. The summed E-state index contributed by atoms with van der Waals surface area (Å²) in [6.45, 7) is 7.76. The van der Waals surface area contributed by atoms with Gasteiger partial charge in [0.15, 0.2) is 0 Å². The van der Waals surface area contributed by atoms with Gasteiger partial charge in [0, 0.05) is 11.8 Å². The van der Waals surface area contributed by atoms with E-state index in [4.69, 9.17) is 0 Å². The van der Waals surface area contributed by atoms with E-state index in [0.717, 1.165) is 6.54 Å². The first-order chi connectivity index (χ1) is 4.27. The molecule has 0 aromatic carbocycles. The second-order valence-corrected chi connectivity index (χ2v) is 3.88. The lowest BCUT2D eigenvalue weighted by molar-refractivity contribution is 0.774. The van der Waals surface area contributed by atoms with Crippen molar-refractivity contribution in [2.45, 2.75) is 38.9 Å². The van der Waals surface area contributed by atoms with Gasteiger partial charge in [0.05, 0.1) is 0 Å². The van der Waals surface area contributed by atoms with Crippen LogP contribution >= 0.6 is 11.9 Å². The molecule has 0 amide bonds. The standard InChI is InChI=1S/C7H17NS/c1-4-5-6-8-9-7(2)3/h7-8H,4-6H2,1-3H3. The van der Waals surface area contributed by atoms with E-state index < -0.39 is 0 Å². The highest BCUT2D eigenvalue weighted by molar-refractivity contribution is 7.97. The Morgan fingerprint density at radius 2 is 2.11 bits per heavy atom. The molecule has 1 nitrogen and oxygen atoms in total. The summed E-state index contributed by atoms with van der Waals surface area (Å²) in [6.07, 6.45) is 2.57. The molecule has 0 saturated heterocycles. The van der Waals surface area contributed by atoms with Gasteiger partial charge in [-0.2, -0.15) is 0 Å². The third-order valence-corrected chi connectivity index (χ3v) is 1.79. The summed E-state index contributed by atoms with van der Waals surface area (Å²) >= 11 is 1.82. The Morgan fingerprint density at radius 1 is 1.44 bits per heavy atom. The highest BCUT2D eigenvalue weighted by Crippen LogP contribution is 2.02. The second kappa shape index (κ2) is 6.43. The van der Waals surface area contributed by atoms with Crippen LogP contribution in [0.2, 0.25) is 0 Å². The molecule has 0 rings (SSSR count). The average Bonchev–Trinajstić information content (AvgIpc) is 1.80. The van der Waals surface area contributed by atoms with E-state index in [1.54, 1.807) is 0 Å². The molecule has 0 aromatic heterocycles. The molecule has 0 atom stereocenters. The number of hydrogen-bond acceptors (Lipinski definition) is 2. The Balaban J connectivity index is 2.75. The maximum absolute atomic E-state index is 3.30. The van der Waals surface area contributed by atoms with Gasteiger partial charge >= 0.3 is 0 Å². The van der Waals surface area contributed by atoms with Gasteiger partial charge in [-0.25, -0.2) is 0 Å². The Morgan fingerprint density at radius 3 is 2.56 bits per heavy atom. The minimum absolute atomic E-state index is 0.710. The van der Waals surface area contributed by atoms with E-state index in [0.29, 0.717) is 5.25 Å². The van der Waals surface area contributed by atoms with Crippen molar-refractivity contribution in [3.8, 4) is 0 Å². The van der Waals surface area contributed by atoms with Crippen molar-refractivity contribution in [1.29, 1.82) is 0 Å². The monoisotopic (exact) mass is 147 g/mol. The zero-order valence-corrected chi connectivity index (χ0v) is 7.42. The molecule has 0 unspecified atom stereocenters. The maximum atomic E-state index is 3.30. The van der Waals surface area contributed by atoms with Gasteiger partial charge in [0.1, 0.15) is 0 Å². The molecule has 0 aromatic rings. The molecule has 0 heterocycles. The molecule has 0 aliphatic carbocycles. The van der Waals surface area contributed by atoms with Crippen LogP contribution in [-0.2, 0) is 0 Å². The summed E-state index contributed by atoms with van der Waals surface area (Å²) in [5.41, 5.74) is 0. The van der Waals surface area contributed by atoms with Gasteiger partial charge in [-0.3, -0.25) is 4.72 Å². The number of nitrogens with one attached hydrogen (secondary N) is 1. The van der Waals surface area contributed by atoms with E-state index in [-0.39, 0.29) is 0 Å². The van der Waals surface area contributed by atoms with Crippen LogP contribution < -0.4 is 4.72 Å². The molecule has 0 aliphatic rings. The molecule has 1 N–H and O–H groups in total. The summed E-state index contributed by atoms with van der Waals surface area (Å²) in [5, 5.41) is 0.710. The SMILES string of the molecule is CCCCNSC(C)C. The zero-order chi connectivity index (χ0) is 7.11. The van der Waals surface area contributed by atoms with E-state index in [9.17, 15) is 0 Å². The molecule has 0 spiro atoms. The van der Waals surface area contributed by atoms with Crippen LogP contribution in [0.1, 0.15) is 33.6 Å². The van der Waals surface area contributed by atoms with Crippen molar-refractivity contribution in [2.75, 3.05) is 6.54 Å². The van der Waals surface area contributed by atoms with Gasteiger partial charge in [0.2, 0.25) is 0 Å². The molecule has 0 radical (unpaired) electrons. The van der Waals surface area contributed by atoms with Crippen molar-refractivity contribution < 1.29 is 0 Å². The zero-order valence-electron chi connectivity index (χ0n) is 6.61. The molecule has 0 saturated carbocycles. The second-order valence-electron chi connectivity index (χ2n) is 2.41. The normalized spacial score (nSPS) is 10.7. The summed E-state index contributed by atoms with van der Waals surface area (Å²) in [6, 6.07) is 0. The average molecular weight is 147 g/mol. The molecule has 0 bridgehead atoms. The first kappa shape index (κ1) is 9.31. The summed E-state index contributed by atoms with van der Waals surface area (Å²) in [5.74, 6) is 0. The van der Waals surface area contributed by atoms with Crippen LogP contribution in [0.25, 0.3) is 0 Å². The lowest BCUT2D eigenvalue weighted by atomic mass is 10.3. The van der Waals surface area contributed by atoms with Crippen LogP contribution in [0.5, 0.6) is 0 Å². The Kier molecular flexibility index (Phi) is 6.65. The fourth-order valence-corrected chi connectivity index (χ4v) is 1.07. The van der Waals surface area contributed by atoms with Crippen molar-refractivity contribution in [3.05, 3.63) is 0 Å². The van der Waals surface area contributed by atoms with E-state index in [2.05, 4.69) is 25.5 Å². The minimum atomic E-state index is 0.710. The summed E-state index contributed by atoms with van der Waals surface area (Å²) in [4.78, 5) is 0. The lowest BCUT2D eigenvalue weighted by Crippen LogP contribution is -2.08. The van der Waals surface area contributed by atoms with Gasteiger partial charge < -0.3 is 0 Å². The molecular formula is C7H17NS. The Labute approximate surface area is 62.7 Å². The molecule has 56 valence electrons. The Bertz CT molecular complexity index is 54.9. The number of unbranched alkanes of at least 4 members (excludes halogenated alkanes) is 1. The van der Waals surface area contributed by atoms with Crippen LogP contribution in [0.4, 0.5) is 0 Å². The molecule has 2 heteroatoms. The number of hydrogen-bond donors (Lipinski definition) is 1. The highest BCUT2D eigenvalue weighted by Gasteiger charge is 1.90. The topological polar surface area (TPSA) is 12.0 Å². The van der Waals surface area contributed by atoms with Gasteiger partial charge in [-0.1, -0.05) is 39.1 Å². The Hall–Kier alpha value is 0.310. The maximum Gasteiger partial charge on any atom is 0.0136 e. The fourth-order valence-electron chi connectivity index (χ4n) is 0.475. The first-order valence-electron chi connectivity index (χ1n) is 3.66. The lowest BCUT2D eigenvalue weighted by Gasteiger charge is -2.04. The van der Waals surface area contributed by atoms with E-state index in [1.165, 1.54) is 12.8 Å². The molecule has 9 heavy (non-hydrogen) atoms. The summed E-state index contributed by atoms with van der Waals surface area (Å²) in [7, 11) is 0. The molecular weight excluding hydrogens is 130 g/mol. The van der Waals surface area contributed by atoms with Crippen LogP contribution in [0, 0.1) is 0 Å². The predicted octanol–water partition coefficient (Wildman–Crippen LogP) is 2.43. The van der Waals surface area contributed by atoms with Gasteiger partial charge in [-0.05, 0) is 6.42 Å². The smallest absolute Gasteiger partial charge is 0.0136 e. The van der Waals surface area contributed by atoms with E-state index >= 15 is 0 Å². The van der Waals surface area contributed by atoms with E-state index in [1.807, 2.05) is 11.9 Å². The largest absolute Gasteiger partial charge is 0.264 e. The van der Waals surface area contributed by atoms with Crippen molar-refractivity contribution in [1.82, 2.24) is 4.72 Å².